The van der Waals surface area contributed by atoms with Gasteiger partial charge in [-0.2, -0.15) is 0 Å². The van der Waals surface area contributed by atoms with Crippen LogP contribution in [-0.2, 0) is 0 Å². The van der Waals surface area contributed by atoms with Gasteiger partial charge in [0.1, 0.15) is 11.3 Å². The number of hydrogen-bond donors (Lipinski definition) is 2. The highest BCUT2D eigenvalue weighted by Gasteiger charge is 2.20. The highest BCUT2D eigenvalue weighted by Crippen LogP contribution is 2.35. The molecule has 1 aromatic heterocycles. The first kappa shape index (κ1) is 9.58. The van der Waals surface area contributed by atoms with E-state index in [0.717, 1.165) is 0 Å². The number of hydrogen-bond acceptors (Lipinski definition) is 3. The second-order valence-electron chi connectivity index (χ2n) is 3.44. The molecule has 0 aliphatic carbocycles. The minimum atomic E-state index is -1.05. The maximum Gasteiger partial charge on any atom is 0.339 e. The van der Waals surface area contributed by atoms with E-state index in [1.54, 1.807) is 19.9 Å². The second-order valence-corrected chi connectivity index (χ2v) is 3.44. The number of furan rings is 1. The molecule has 0 saturated carbocycles. The van der Waals surface area contributed by atoms with Crippen molar-refractivity contribution in [1.82, 2.24) is 0 Å². The van der Waals surface area contributed by atoms with Crippen LogP contribution < -0.4 is 0 Å². The third-order valence-electron chi connectivity index (χ3n) is 2.65. The molecule has 0 aliphatic heterocycles. The summed E-state index contributed by atoms with van der Waals surface area (Å²) in [4.78, 5) is 11.1. The van der Waals surface area contributed by atoms with Crippen molar-refractivity contribution in [3.63, 3.8) is 0 Å². The van der Waals surface area contributed by atoms with Crippen molar-refractivity contribution in [2.45, 2.75) is 13.8 Å². The van der Waals surface area contributed by atoms with Crippen molar-refractivity contribution in [3.05, 3.63) is 29.0 Å². The van der Waals surface area contributed by atoms with Crippen molar-refractivity contribution in [1.29, 1.82) is 0 Å². The molecule has 0 saturated heterocycles. The molecular weight excluding hydrogens is 196 g/mol. The quantitative estimate of drug-likeness (QED) is 0.751. The van der Waals surface area contributed by atoms with Gasteiger partial charge in [-0.1, -0.05) is 0 Å². The Bertz CT molecular complexity index is 551. The van der Waals surface area contributed by atoms with Crippen molar-refractivity contribution in [2.75, 3.05) is 0 Å². The zero-order valence-electron chi connectivity index (χ0n) is 8.37. The molecule has 0 unspecified atom stereocenters. The minimum absolute atomic E-state index is 0.0845. The molecule has 4 heteroatoms. The molecule has 4 nitrogen and oxygen atoms in total. The number of phenols is 1. The van der Waals surface area contributed by atoms with E-state index in [4.69, 9.17) is 9.52 Å². The van der Waals surface area contributed by atoms with Crippen LogP contribution in [0.1, 0.15) is 21.5 Å². The first-order chi connectivity index (χ1) is 7.04. The number of carboxylic acids is 1. The van der Waals surface area contributed by atoms with Gasteiger partial charge < -0.3 is 14.6 Å². The standard InChI is InChI=1S/C11H10O4/c1-5-6(2)9(12)7-3-4-15-10(7)8(5)11(13)14/h3-4,12H,1-2H3,(H,13,14). The van der Waals surface area contributed by atoms with Crippen molar-refractivity contribution in [2.24, 2.45) is 0 Å². The van der Waals surface area contributed by atoms with Gasteiger partial charge in [0.25, 0.3) is 0 Å². The first-order valence-corrected chi connectivity index (χ1v) is 4.46. The molecule has 2 rings (SSSR count). The molecule has 0 aliphatic rings. The summed E-state index contributed by atoms with van der Waals surface area (Å²) in [6.45, 7) is 3.34. The van der Waals surface area contributed by atoms with Gasteiger partial charge in [-0.3, -0.25) is 0 Å². The van der Waals surface area contributed by atoms with Crippen LogP contribution in [0.3, 0.4) is 0 Å². The topological polar surface area (TPSA) is 70.7 Å². The molecule has 78 valence electrons. The zero-order valence-corrected chi connectivity index (χ0v) is 8.37. The second kappa shape index (κ2) is 3.02. The lowest BCUT2D eigenvalue weighted by atomic mass is 9.99. The van der Waals surface area contributed by atoms with E-state index in [2.05, 4.69) is 0 Å². The Balaban J connectivity index is 3.01. The smallest absolute Gasteiger partial charge is 0.339 e. The number of aromatic hydroxyl groups is 1. The molecule has 0 amide bonds. The minimum Gasteiger partial charge on any atom is -0.507 e. The number of phenolic OH excluding ortho intramolecular Hbond substituents is 1. The Morgan fingerprint density at radius 2 is 2.00 bits per heavy atom. The van der Waals surface area contributed by atoms with Gasteiger partial charge in [0.2, 0.25) is 0 Å². The highest BCUT2D eigenvalue weighted by atomic mass is 16.4. The fourth-order valence-electron chi connectivity index (χ4n) is 1.68. The van der Waals surface area contributed by atoms with Crippen LogP contribution in [0.5, 0.6) is 5.75 Å². The Kier molecular flexibility index (Phi) is 1.93. The molecule has 0 fully saturated rings. The van der Waals surface area contributed by atoms with Gasteiger partial charge in [0.15, 0.2) is 5.58 Å². The van der Waals surface area contributed by atoms with Crippen molar-refractivity contribution in [3.8, 4) is 5.75 Å². The number of carboxylic acid groups (broad SMARTS) is 1. The number of carbonyl (C=O) groups is 1. The maximum absolute atomic E-state index is 11.1. The van der Waals surface area contributed by atoms with Crippen molar-refractivity contribution >= 4 is 16.9 Å². The number of benzene rings is 1. The van der Waals surface area contributed by atoms with E-state index in [0.29, 0.717) is 16.5 Å². The number of fused-ring (bicyclic) bond motifs is 1. The molecular formula is C11H10O4. The van der Waals surface area contributed by atoms with Gasteiger partial charge in [-0.25, -0.2) is 4.79 Å². The summed E-state index contributed by atoms with van der Waals surface area (Å²) >= 11 is 0. The molecule has 1 aromatic carbocycles. The third-order valence-corrected chi connectivity index (χ3v) is 2.65. The van der Waals surface area contributed by atoms with Gasteiger partial charge in [-0.15, -0.1) is 0 Å². The van der Waals surface area contributed by atoms with Crippen LogP contribution >= 0.6 is 0 Å². The largest absolute Gasteiger partial charge is 0.507 e. The van der Waals surface area contributed by atoms with E-state index in [-0.39, 0.29) is 16.9 Å². The predicted molar refractivity (Wildman–Crippen MR) is 54.3 cm³/mol. The number of rotatable bonds is 1. The normalized spacial score (nSPS) is 10.8. The van der Waals surface area contributed by atoms with Crippen molar-refractivity contribution < 1.29 is 19.4 Å². The van der Waals surface area contributed by atoms with Gasteiger partial charge >= 0.3 is 5.97 Å². The third kappa shape index (κ3) is 1.18. The molecule has 1 heterocycles. The maximum atomic E-state index is 11.1. The average Bonchev–Trinajstić information content (AvgIpc) is 2.62. The highest BCUT2D eigenvalue weighted by molar-refractivity contribution is 6.05. The molecule has 0 bridgehead atoms. The summed E-state index contributed by atoms with van der Waals surface area (Å²) in [5.74, 6) is -0.961. The van der Waals surface area contributed by atoms with Crippen LogP contribution in [0, 0.1) is 13.8 Å². The van der Waals surface area contributed by atoms with Crippen LogP contribution in [0.4, 0.5) is 0 Å². The summed E-state index contributed by atoms with van der Waals surface area (Å²) in [6.07, 6.45) is 1.37. The van der Waals surface area contributed by atoms with E-state index in [9.17, 15) is 9.90 Å². The molecule has 2 aromatic rings. The Hall–Kier alpha value is -1.97. The lowest BCUT2D eigenvalue weighted by Gasteiger charge is -2.08. The lowest BCUT2D eigenvalue weighted by molar-refractivity contribution is 0.0697. The zero-order chi connectivity index (χ0) is 11.2. The summed E-state index contributed by atoms with van der Waals surface area (Å²) in [5.41, 5.74) is 1.44. The van der Waals surface area contributed by atoms with E-state index >= 15 is 0 Å². The summed E-state index contributed by atoms with van der Waals surface area (Å²) in [5, 5.41) is 19.3. The molecule has 15 heavy (non-hydrogen) atoms. The average molecular weight is 206 g/mol. The fourth-order valence-corrected chi connectivity index (χ4v) is 1.68. The molecule has 0 spiro atoms. The monoisotopic (exact) mass is 206 g/mol. The van der Waals surface area contributed by atoms with E-state index in [1.807, 2.05) is 0 Å². The van der Waals surface area contributed by atoms with Crippen LogP contribution in [-0.4, -0.2) is 16.2 Å². The van der Waals surface area contributed by atoms with Gasteiger partial charge in [-0.05, 0) is 31.0 Å². The summed E-state index contributed by atoms with van der Waals surface area (Å²) in [7, 11) is 0. The predicted octanol–water partition coefficient (Wildman–Crippen LogP) is 2.45. The molecule has 0 atom stereocenters. The van der Waals surface area contributed by atoms with E-state index < -0.39 is 5.97 Å². The van der Waals surface area contributed by atoms with Crippen LogP contribution in [0.15, 0.2) is 16.7 Å². The van der Waals surface area contributed by atoms with Crippen LogP contribution in [0.2, 0.25) is 0 Å². The lowest BCUT2D eigenvalue weighted by Crippen LogP contribution is -2.02. The molecule has 2 N–H and O–H groups in total. The van der Waals surface area contributed by atoms with Crippen LogP contribution in [0.25, 0.3) is 11.0 Å². The van der Waals surface area contributed by atoms with E-state index in [1.165, 1.54) is 6.26 Å². The SMILES string of the molecule is Cc1c(C)c(C(=O)O)c2occc2c1O. The number of aromatic carboxylic acids is 1. The Morgan fingerprint density at radius 1 is 1.33 bits per heavy atom. The Labute approximate surface area is 85.8 Å². The summed E-state index contributed by atoms with van der Waals surface area (Å²) < 4.78 is 5.09. The fraction of sp³-hybridized carbons (Fsp3) is 0.182. The molecule has 0 radical (unpaired) electrons. The first-order valence-electron chi connectivity index (χ1n) is 4.46. The van der Waals surface area contributed by atoms with Gasteiger partial charge in [0, 0.05) is 0 Å². The van der Waals surface area contributed by atoms with Gasteiger partial charge in [0.05, 0.1) is 11.6 Å². The summed E-state index contributed by atoms with van der Waals surface area (Å²) in [6, 6.07) is 1.56. The Morgan fingerprint density at radius 3 is 2.60 bits per heavy atom.